The van der Waals surface area contributed by atoms with E-state index >= 15 is 0 Å². The molecule has 0 atom stereocenters. The Kier molecular flexibility index (Phi) is 21.5. The molecule has 1 rings (SSSR count). The molecule has 0 spiro atoms. The lowest BCUT2D eigenvalue weighted by molar-refractivity contribution is 0.368. The van der Waals surface area contributed by atoms with Crippen molar-refractivity contribution in [2.45, 2.75) is 116 Å². The van der Waals surface area contributed by atoms with Crippen LogP contribution in [0.1, 0.15) is 115 Å². The van der Waals surface area contributed by atoms with E-state index in [0.717, 1.165) is 12.0 Å². The smallest absolute Gasteiger partial charge is 0.324 e. The van der Waals surface area contributed by atoms with E-state index in [4.69, 9.17) is 14.7 Å². The molecule has 1 aromatic carbocycles. The van der Waals surface area contributed by atoms with Gasteiger partial charge in [0.25, 0.3) is 0 Å². The van der Waals surface area contributed by atoms with E-state index in [9.17, 15) is 5.11 Å². The van der Waals surface area contributed by atoms with Crippen molar-refractivity contribution in [2.75, 3.05) is 0 Å². The Balaban J connectivity index is 0.00000178. The van der Waals surface area contributed by atoms with Crippen LogP contribution in [0.2, 0.25) is 0 Å². The molecule has 0 saturated heterocycles. The summed E-state index contributed by atoms with van der Waals surface area (Å²) in [6.07, 6.45) is 23.5. The molecule has 0 amide bonds. The summed E-state index contributed by atoms with van der Waals surface area (Å²) in [5, 5.41) is 9.74. The first-order valence-electron chi connectivity index (χ1n) is 11.7. The molecule has 0 aromatic heterocycles. The fourth-order valence-corrected chi connectivity index (χ4v) is 3.59. The van der Waals surface area contributed by atoms with Crippen LogP contribution in [-0.4, -0.2) is 19.8 Å². The molecular formula is C24H45O4P. The molecular weight excluding hydrogens is 383 g/mol. The van der Waals surface area contributed by atoms with Crippen molar-refractivity contribution in [2.24, 2.45) is 0 Å². The predicted octanol–water partition coefficient (Wildman–Crippen LogP) is 7.39. The number of unbranched alkanes of at least 4 members (excludes halogenated alkanes) is 15. The Hall–Kier alpha value is -0.670. The van der Waals surface area contributed by atoms with Crippen molar-refractivity contribution in [1.82, 2.24) is 0 Å². The SMILES string of the molecule is CCCCCCCCCCCCCCCCCCc1ccccc1O.OP(O)O. The summed E-state index contributed by atoms with van der Waals surface area (Å²) < 4.78 is 0. The van der Waals surface area contributed by atoms with Gasteiger partial charge in [-0.2, -0.15) is 0 Å². The zero-order chi connectivity index (χ0) is 21.6. The number of phenolic OH excluding ortho intramolecular Hbond substituents is 1. The number of benzene rings is 1. The van der Waals surface area contributed by atoms with Crippen LogP contribution in [-0.2, 0) is 6.42 Å². The fourth-order valence-electron chi connectivity index (χ4n) is 3.59. The van der Waals surface area contributed by atoms with Gasteiger partial charge in [-0.1, -0.05) is 121 Å². The first-order valence-corrected chi connectivity index (χ1v) is 12.9. The summed E-state index contributed by atoms with van der Waals surface area (Å²) in [6.45, 7) is 2.29. The van der Waals surface area contributed by atoms with E-state index in [1.165, 1.54) is 103 Å². The van der Waals surface area contributed by atoms with Crippen LogP contribution in [0.5, 0.6) is 5.75 Å². The van der Waals surface area contributed by atoms with E-state index in [-0.39, 0.29) is 0 Å². The molecule has 1 aromatic rings. The monoisotopic (exact) mass is 428 g/mol. The topological polar surface area (TPSA) is 80.9 Å². The van der Waals surface area contributed by atoms with Crippen molar-refractivity contribution in [1.29, 1.82) is 0 Å². The Morgan fingerprint density at radius 1 is 0.586 bits per heavy atom. The van der Waals surface area contributed by atoms with Gasteiger partial charge in [0.05, 0.1) is 0 Å². The maximum absolute atomic E-state index is 9.74. The third kappa shape index (κ3) is 21.8. The molecule has 0 fully saturated rings. The minimum atomic E-state index is -2.62. The van der Waals surface area contributed by atoms with Crippen molar-refractivity contribution in [3.05, 3.63) is 29.8 Å². The van der Waals surface area contributed by atoms with Gasteiger partial charge in [-0.25, -0.2) is 0 Å². The van der Waals surface area contributed by atoms with Crippen LogP contribution in [0.3, 0.4) is 0 Å². The second-order valence-electron chi connectivity index (χ2n) is 7.95. The molecule has 0 heterocycles. The Morgan fingerprint density at radius 3 is 1.31 bits per heavy atom. The largest absolute Gasteiger partial charge is 0.508 e. The highest BCUT2D eigenvalue weighted by atomic mass is 31.2. The molecule has 0 unspecified atom stereocenters. The normalized spacial score (nSPS) is 10.8. The minimum Gasteiger partial charge on any atom is -0.508 e. The second kappa shape index (κ2) is 22.0. The average Bonchev–Trinajstić information content (AvgIpc) is 2.68. The van der Waals surface area contributed by atoms with Gasteiger partial charge < -0.3 is 19.8 Å². The lowest BCUT2D eigenvalue weighted by atomic mass is 10.0. The summed E-state index contributed by atoms with van der Waals surface area (Å²) in [7, 11) is -2.62. The van der Waals surface area contributed by atoms with E-state index < -0.39 is 8.60 Å². The minimum absolute atomic E-state index is 0.462. The quantitative estimate of drug-likeness (QED) is 0.154. The van der Waals surface area contributed by atoms with E-state index in [1.54, 1.807) is 6.07 Å². The zero-order valence-corrected chi connectivity index (χ0v) is 19.5. The fraction of sp³-hybridized carbons (Fsp3) is 0.750. The summed E-state index contributed by atoms with van der Waals surface area (Å²) in [6, 6.07) is 7.75. The molecule has 0 aliphatic carbocycles. The number of aromatic hydroxyl groups is 1. The Bertz CT molecular complexity index is 452. The molecule has 0 aliphatic rings. The number of phenols is 1. The van der Waals surface area contributed by atoms with Gasteiger partial charge in [-0.15, -0.1) is 0 Å². The van der Waals surface area contributed by atoms with Crippen LogP contribution >= 0.6 is 8.60 Å². The maximum atomic E-state index is 9.74. The zero-order valence-electron chi connectivity index (χ0n) is 18.6. The highest BCUT2D eigenvalue weighted by Crippen LogP contribution is 2.19. The lowest BCUT2D eigenvalue weighted by Gasteiger charge is -2.05. The standard InChI is InChI=1S/C24H42O.H3O3P/c1-2-3-4-5-6-7-8-9-10-11-12-13-14-15-16-17-20-23-21-18-19-22-24(23)25;1-4(2)3/h18-19,21-22,25H,2-17,20H2,1H3;1-3H. The highest BCUT2D eigenvalue weighted by molar-refractivity contribution is 7.38. The van der Waals surface area contributed by atoms with E-state index in [2.05, 4.69) is 6.92 Å². The van der Waals surface area contributed by atoms with Crippen molar-refractivity contribution in [3.8, 4) is 5.75 Å². The second-order valence-corrected chi connectivity index (χ2v) is 8.49. The number of rotatable bonds is 17. The van der Waals surface area contributed by atoms with Crippen LogP contribution in [0.25, 0.3) is 0 Å². The van der Waals surface area contributed by atoms with Crippen molar-refractivity contribution in [3.63, 3.8) is 0 Å². The number of hydrogen-bond acceptors (Lipinski definition) is 4. The van der Waals surface area contributed by atoms with Crippen molar-refractivity contribution >= 4 is 8.60 Å². The number of aryl methyl sites for hydroxylation is 1. The summed E-state index contributed by atoms with van der Waals surface area (Å²) in [4.78, 5) is 21.7. The summed E-state index contributed by atoms with van der Waals surface area (Å²) >= 11 is 0. The van der Waals surface area contributed by atoms with Gasteiger partial charge in [0.2, 0.25) is 0 Å². The molecule has 0 saturated carbocycles. The molecule has 0 radical (unpaired) electrons. The molecule has 29 heavy (non-hydrogen) atoms. The number of hydrogen-bond donors (Lipinski definition) is 4. The van der Waals surface area contributed by atoms with Crippen LogP contribution in [0.15, 0.2) is 24.3 Å². The van der Waals surface area contributed by atoms with Crippen LogP contribution in [0, 0.1) is 0 Å². The Morgan fingerprint density at radius 2 is 0.931 bits per heavy atom. The summed E-state index contributed by atoms with van der Waals surface area (Å²) in [5.74, 6) is 0.462. The van der Waals surface area contributed by atoms with Crippen molar-refractivity contribution < 1.29 is 19.8 Å². The molecule has 4 N–H and O–H groups in total. The molecule has 170 valence electrons. The van der Waals surface area contributed by atoms with Gasteiger partial charge in [0.1, 0.15) is 5.75 Å². The van der Waals surface area contributed by atoms with E-state index in [0.29, 0.717) is 5.75 Å². The first kappa shape index (κ1) is 28.3. The average molecular weight is 429 g/mol. The lowest BCUT2D eigenvalue weighted by Crippen LogP contribution is -1.87. The van der Waals surface area contributed by atoms with Gasteiger partial charge in [0.15, 0.2) is 0 Å². The van der Waals surface area contributed by atoms with Crippen LogP contribution in [0.4, 0.5) is 0 Å². The molecule has 4 nitrogen and oxygen atoms in total. The highest BCUT2D eigenvalue weighted by Gasteiger charge is 1.99. The van der Waals surface area contributed by atoms with Gasteiger partial charge in [-0.05, 0) is 24.5 Å². The Labute approximate surface area is 180 Å². The molecule has 5 heteroatoms. The third-order valence-electron chi connectivity index (χ3n) is 5.29. The van der Waals surface area contributed by atoms with Crippen LogP contribution < -0.4 is 0 Å². The maximum Gasteiger partial charge on any atom is 0.324 e. The van der Waals surface area contributed by atoms with E-state index in [1.807, 2.05) is 18.2 Å². The third-order valence-corrected chi connectivity index (χ3v) is 5.29. The van der Waals surface area contributed by atoms with Gasteiger partial charge in [-0.3, -0.25) is 0 Å². The predicted molar refractivity (Wildman–Crippen MR) is 125 cm³/mol. The van der Waals surface area contributed by atoms with Gasteiger partial charge >= 0.3 is 8.60 Å². The molecule has 0 aliphatic heterocycles. The number of para-hydroxylation sites is 1. The summed E-state index contributed by atoms with van der Waals surface area (Å²) in [5.41, 5.74) is 1.10. The first-order chi connectivity index (χ1) is 14.1. The van der Waals surface area contributed by atoms with Gasteiger partial charge in [0, 0.05) is 0 Å². The molecule has 0 bridgehead atoms.